The molecule has 0 aliphatic rings. The summed E-state index contributed by atoms with van der Waals surface area (Å²) in [6.45, 7) is 5.38. The summed E-state index contributed by atoms with van der Waals surface area (Å²) in [7, 11) is 1.70. The quantitative estimate of drug-likeness (QED) is 0.788. The zero-order chi connectivity index (χ0) is 14.5. The zero-order valence-corrected chi connectivity index (χ0v) is 14.4. The van der Waals surface area contributed by atoms with E-state index < -0.39 is 0 Å². The SMILES string of the molecule is COc1ccc(C(NCc2ccc(Br)s2)C(C)C)cc1. The van der Waals surface area contributed by atoms with Gasteiger partial charge in [0.2, 0.25) is 0 Å². The van der Waals surface area contributed by atoms with Gasteiger partial charge in [0, 0.05) is 17.5 Å². The van der Waals surface area contributed by atoms with E-state index in [0.717, 1.165) is 12.3 Å². The molecule has 2 aromatic rings. The van der Waals surface area contributed by atoms with Crippen LogP contribution in [-0.2, 0) is 6.54 Å². The first-order valence-corrected chi connectivity index (χ1v) is 8.32. The molecular formula is C16H20BrNOS. The third kappa shape index (κ3) is 4.08. The molecule has 108 valence electrons. The first-order valence-electron chi connectivity index (χ1n) is 6.71. The maximum absolute atomic E-state index is 5.22. The third-order valence-electron chi connectivity index (χ3n) is 3.27. The minimum atomic E-state index is 0.349. The van der Waals surface area contributed by atoms with Gasteiger partial charge in [-0.2, -0.15) is 0 Å². The van der Waals surface area contributed by atoms with Crippen LogP contribution in [-0.4, -0.2) is 7.11 Å². The summed E-state index contributed by atoms with van der Waals surface area (Å²) >= 11 is 5.28. The lowest BCUT2D eigenvalue weighted by atomic mass is 9.96. The summed E-state index contributed by atoms with van der Waals surface area (Å²) in [5.74, 6) is 1.44. The Hall–Kier alpha value is -0.840. The Kier molecular flexibility index (Phi) is 5.64. The van der Waals surface area contributed by atoms with Crippen molar-refractivity contribution in [2.45, 2.75) is 26.4 Å². The van der Waals surface area contributed by atoms with E-state index in [1.54, 1.807) is 18.4 Å². The average molecular weight is 354 g/mol. The number of ether oxygens (including phenoxy) is 1. The maximum Gasteiger partial charge on any atom is 0.118 e. The molecule has 1 aromatic carbocycles. The summed E-state index contributed by atoms with van der Waals surface area (Å²) in [6.07, 6.45) is 0. The fraction of sp³-hybridized carbons (Fsp3) is 0.375. The van der Waals surface area contributed by atoms with Gasteiger partial charge in [0.25, 0.3) is 0 Å². The van der Waals surface area contributed by atoms with Crippen molar-refractivity contribution in [3.05, 3.63) is 50.6 Å². The van der Waals surface area contributed by atoms with Gasteiger partial charge in [0.1, 0.15) is 5.75 Å². The van der Waals surface area contributed by atoms with E-state index in [4.69, 9.17) is 4.74 Å². The van der Waals surface area contributed by atoms with Crippen molar-refractivity contribution in [2.75, 3.05) is 7.11 Å². The highest BCUT2D eigenvalue weighted by atomic mass is 79.9. The third-order valence-corrected chi connectivity index (χ3v) is 4.89. The molecule has 0 spiro atoms. The van der Waals surface area contributed by atoms with Gasteiger partial charge in [0.15, 0.2) is 0 Å². The van der Waals surface area contributed by atoms with Gasteiger partial charge in [0.05, 0.1) is 10.9 Å². The predicted molar refractivity (Wildman–Crippen MR) is 89.4 cm³/mol. The van der Waals surface area contributed by atoms with E-state index in [2.05, 4.69) is 59.4 Å². The van der Waals surface area contributed by atoms with Crippen LogP contribution >= 0.6 is 27.3 Å². The maximum atomic E-state index is 5.22. The van der Waals surface area contributed by atoms with Crippen LogP contribution < -0.4 is 10.1 Å². The van der Waals surface area contributed by atoms with E-state index in [-0.39, 0.29) is 0 Å². The van der Waals surface area contributed by atoms with Crippen LogP contribution in [0.2, 0.25) is 0 Å². The summed E-state index contributed by atoms with van der Waals surface area (Å²) in [6, 6.07) is 12.9. The second-order valence-corrected chi connectivity index (χ2v) is 7.63. The van der Waals surface area contributed by atoms with Gasteiger partial charge in [-0.25, -0.2) is 0 Å². The van der Waals surface area contributed by atoms with Crippen molar-refractivity contribution in [3.8, 4) is 5.75 Å². The second kappa shape index (κ2) is 7.25. The monoisotopic (exact) mass is 353 g/mol. The van der Waals surface area contributed by atoms with Crippen LogP contribution in [0.1, 0.15) is 30.3 Å². The highest BCUT2D eigenvalue weighted by Gasteiger charge is 2.15. The summed E-state index contributed by atoms with van der Waals surface area (Å²) < 4.78 is 6.40. The van der Waals surface area contributed by atoms with Gasteiger partial charge in [-0.3, -0.25) is 0 Å². The molecule has 0 bridgehead atoms. The molecule has 0 radical (unpaired) electrons. The molecule has 4 heteroatoms. The summed E-state index contributed by atoms with van der Waals surface area (Å²) in [4.78, 5) is 1.34. The largest absolute Gasteiger partial charge is 0.497 e. The van der Waals surface area contributed by atoms with Gasteiger partial charge >= 0.3 is 0 Å². The van der Waals surface area contributed by atoms with Crippen molar-refractivity contribution < 1.29 is 4.74 Å². The van der Waals surface area contributed by atoms with Crippen molar-refractivity contribution in [1.82, 2.24) is 5.32 Å². The Labute approximate surface area is 133 Å². The zero-order valence-electron chi connectivity index (χ0n) is 12.0. The second-order valence-electron chi connectivity index (χ2n) is 5.08. The van der Waals surface area contributed by atoms with Crippen LogP contribution in [0.3, 0.4) is 0 Å². The molecule has 1 unspecified atom stereocenters. The molecule has 0 amide bonds. The van der Waals surface area contributed by atoms with Gasteiger partial charge in [-0.05, 0) is 51.7 Å². The highest BCUT2D eigenvalue weighted by molar-refractivity contribution is 9.11. The number of thiophene rings is 1. The van der Waals surface area contributed by atoms with E-state index >= 15 is 0 Å². The topological polar surface area (TPSA) is 21.3 Å². The average Bonchev–Trinajstić information content (AvgIpc) is 2.85. The van der Waals surface area contributed by atoms with Crippen molar-refractivity contribution in [1.29, 1.82) is 0 Å². The Balaban J connectivity index is 2.06. The van der Waals surface area contributed by atoms with Crippen LogP contribution in [0, 0.1) is 5.92 Å². The highest BCUT2D eigenvalue weighted by Crippen LogP contribution is 2.26. The number of halogens is 1. The Morgan fingerprint density at radius 2 is 1.85 bits per heavy atom. The number of hydrogen-bond acceptors (Lipinski definition) is 3. The predicted octanol–water partition coefficient (Wildman–Crippen LogP) is 5.01. The molecule has 0 aliphatic carbocycles. The Morgan fingerprint density at radius 1 is 1.15 bits per heavy atom. The fourth-order valence-electron chi connectivity index (χ4n) is 2.21. The van der Waals surface area contributed by atoms with E-state index in [1.165, 1.54) is 14.2 Å². The molecule has 0 saturated heterocycles. The molecule has 2 rings (SSSR count). The van der Waals surface area contributed by atoms with Gasteiger partial charge < -0.3 is 10.1 Å². The van der Waals surface area contributed by atoms with Gasteiger partial charge in [-0.1, -0.05) is 26.0 Å². The lowest BCUT2D eigenvalue weighted by molar-refractivity contribution is 0.405. The molecule has 2 nitrogen and oxygen atoms in total. The lowest BCUT2D eigenvalue weighted by Crippen LogP contribution is -2.25. The smallest absolute Gasteiger partial charge is 0.118 e. The number of hydrogen-bond donors (Lipinski definition) is 1. The van der Waals surface area contributed by atoms with Crippen LogP contribution in [0.15, 0.2) is 40.2 Å². The number of nitrogens with one attached hydrogen (secondary N) is 1. The number of benzene rings is 1. The van der Waals surface area contributed by atoms with Crippen molar-refractivity contribution in [3.63, 3.8) is 0 Å². The van der Waals surface area contributed by atoms with Crippen molar-refractivity contribution >= 4 is 27.3 Å². The first kappa shape index (κ1) is 15.5. The molecule has 1 N–H and O–H groups in total. The Bertz CT molecular complexity index is 536. The summed E-state index contributed by atoms with van der Waals surface area (Å²) in [5, 5.41) is 3.65. The fourth-order valence-corrected chi connectivity index (χ4v) is 3.64. The standard InChI is InChI=1S/C16H20BrNOS/c1-11(2)16(12-4-6-13(19-3)7-5-12)18-10-14-8-9-15(17)20-14/h4-9,11,16,18H,10H2,1-3H3. The molecule has 20 heavy (non-hydrogen) atoms. The lowest BCUT2D eigenvalue weighted by Gasteiger charge is -2.23. The van der Waals surface area contributed by atoms with E-state index in [9.17, 15) is 0 Å². The molecule has 0 fully saturated rings. The normalized spacial score (nSPS) is 12.7. The van der Waals surface area contributed by atoms with Crippen LogP contribution in [0.5, 0.6) is 5.75 Å². The molecule has 1 atom stereocenters. The van der Waals surface area contributed by atoms with Crippen LogP contribution in [0.4, 0.5) is 0 Å². The van der Waals surface area contributed by atoms with Crippen molar-refractivity contribution in [2.24, 2.45) is 5.92 Å². The van der Waals surface area contributed by atoms with Gasteiger partial charge in [-0.15, -0.1) is 11.3 Å². The molecule has 0 saturated carbocycles. The van der Waals surface area contributed by atoms with E-state index in [1.807, 2.05) is 12.1 Å². The molecular weight excluding hydrogens is 334 g/mol. The number of methoxy groups -OCH3 is 1. The molecule has 0 aliphatic heterocycles. The molecule has 1 aromatic heterocycles. The first-order chi connectivity index (χ1) is 9.60. The minimum absolute atomic E-state index is 0.349. The number of rotatable bonds is 6. The minimum Gasteiger partial charge on any atom is -0.497 e. The Morgan fingerprint density at radius 3 is 2.35 bits per heavy atom. The summed E-state index contributed by atoms with van der Waals surface area (Å²) in [5.41, 5.74) is 1.30. The molecule has 1 heterocycles. The van der Waals surface area contributed by atoms with E-state index in [0.29, 0.717) is 12.0 Å². The van der Waals surface area contributed by atoms with Crippen LogP contribution in [0.25, 0.3) is 0 Å².